The van der Waals surface area contributed by atoms with Gasteiger partial charge in [0.1, 0.15) is 0 Å². The van der Waals surface area contributed by atoms with Gasteiger partial charge in [0.15, 0.2) is 5.69 Å². The molecule has 5 heteroatoms. The summed E-state index contributed by atoms with van der Waals surface area (Å²) in [6, 6.07) is 5.63. The maximum Gasteiger partial charge on any atom is 0.357 e. The number of carbonyl (C=O) groups is 2. The number of benzene rings is 1. The summed E-state index contributed by atoms with van der Waals surface area (Å²) in [4.78, 5) is 28.0. The molecule has 0 unspecified atom stereocenters. The van der Waals surface area contributed by atoms with Gasteiger partial charge in [-0.05, 0) is 31.5 Å². The lowest BCUT2D eigenvalue weighted by atomic mass is 10.00. The van der Waals surface area contributed by atoms with Crippen LogP contribution in [0.5, 0.6) is 0 Å². The van der Waals surface area contributed by atoms with Gasteiger partial charge in [-0.2, -0.15) is 0 Å². The molecule has 104 valence electrons. The van der Waals surface area contributed by atoms with Crippen LogP contribution in [0.2, 0.25) is 0 Å². The van der Waals surface area contributed by atoms with Crippen molar-refractivity contribution >= 4 is 22.8 Å². The second-order valence-corrected chi connectivity index (χ2v) is 4.46. The summed E-state index contributed by atoms with van der Waals surface area (Å²) >= 11 is 0. The minimum atomic E-state index is -0.657. The summed E-state index contributed by atoms with van der Waals surface area (Å²) in [7, 11) is 2.52. The summed E-state index contributed by atoms with van der Waals surface area (Å²) in [5, 5.41) is 0.818. The average molecular weight is 273 g/mol. The summed E-state index contributed by atoms with van der Waals surface area (Å²) in [6.45, 7) is 3.72. The lowest BCUT2D eigenvalue weighted by Gasteiger charge is -2.12. The van der Waals surface area contributed by atoms with Gasteiger partial charge in [-0.25, -0.2) is 14.6 Å². The lowest BCUT2D eigenvalue weighted by molar-refractivity contribution is 0.0549. The van der Waals surface area contributed by atoms with E-state index in [1.165, 1.54) is 14.2 Å². The monoisotopic (exact) mass is 273 g/mol. The molecule has 2 aromatic rings. The lowest BCUT2D eigenvalue weighted by Crippen LogP contribution is -2.16. The number of carbonyl (C=O) groups excluding carboxylic acids is 2. The molecule has 0 aliphatic rings. The fraction of sp³-hybridized carbons (Fsp3) is 0.267. The van der Waals surface area contributed by atoms with Crippen LogP contribution in [-0.4, -0.2) is 31.1 Å². The zero-order valence-corrected chi connectivity index (χ0v) is 11.8. The highest BCUT2D eigenvalue weighted by molar-refractivity contribution is 6.06. The Morgan fingerprint density at radius 2 is 1.70 bits per heavy atom. The molecule has 20 heavy (non-hydrogen) atoms. The number of methoxy groups -OCH3 is 2. The Morgan fingerprint density at radius 3 is 2.30 bits per heavy atom. The molecule has 0 bridgehead atoms. The molecule has 0 saturated carbocycles. The third kappa shape index (κ3) is 2.22. The maximum absolute atomic E-state index is 11.9. The molecule has 1 heterocycles. The summed E-state index contributed by atoms with van der Waals surface area (Å²) in [5.74, 6) is -1.25. The summed E-state index contributed by atoms with van der Waals surface area (Å²) in [5.41, 5.74) is 2.47. The van der Waals surface area contributed by atoms with Gasteiger partial charge in [-0.15, -0.1) is 0 Å². The Kier molecular flexibility index (Phi) is 3.70. The van der Waals surface area contributed by atoms with Crippen molar-refractivity contribution in [1.29, 1.82) is 0 Å². The first-order chi connectivity index (χ1) is 9.49. The fourth-order valence-corrected chi connectivity index (χ4v) is 2.13. The molecule has 0 N–H and O–H groups in total. The largest absolute Gasteiger partial charge is 0.465 e. The number of ether oxygens (including phenoxy) is 2. The molecule has 0 amide bonds. The zero-order valence-electron chi connectivity index (χ0n) is 11.8. The van der Waals surface area contributed by atoms with Crippen LogP contribution in [0.3, 0.4) is 0 Å². The molecule has 1 aromatic carbocycles. The van der Waals surface area contributed by atoms with E-state index in [-0.39, 0.29) is 11.3 Å². The number of rotatable bonds is 2. The van der Waals surface area contributed by atoms with Crippen molar-refractivity contribution < 1.29 is 19.1 Å². The first-order valence-electron chi connectivity index (χ1n) is 6.07. The molecule has 1 aromatic heterocycles. The highest BCUT2D eigenvalue weighted by Gasteiger charge is 2.24. The van der Waals surface area contributed by atoms with E-state index < -0.39 is 11.9 Å². The number of fused-ring (bicyclic) bond motifs is 1. The summed E-state index contributed by atoms with van der Waals surface area (Å²) in [6.07, 6.45) is 0. The van der Waals surface area contributed by atoms with Crippen LogP contribution in [0, 0.1) is 13.8 Å². The molecular formula is C15H15NO4. The first-order valence-corrected chi connectivity index (χ1v) is 6.07. The van der Waals surface area contributed by atoms with Crippen molar-refractivity contribution in [3.63, 3.8) is 0 Å². The molecule has 0 fully saturated rings. The minimum Gasteiger partial charge on any atom is -0.465 e. The van der Waals surface area contributed by atoms with Gasteiger partial charge in [0.25, 0.3) is 0 Å². The number of esters is 2. The molecule has 0 atom stereocenters. The normalized spacial score (nSPS) is 10.4. The Labute approximate surface area is 116 Å². The van der Waals surface area contributed by atoms with E-state index in [1.807, 2.05) is 25.1 Å². The van der Waals surface area contributed by atoms with Crippen molar-refractivity contribution in [2.75, 3.05) is 14.2 Å². The molecule has 0 aliphatic heterocycles. The first kappa shape index (κ1) is 14.0. The van der Waals surface area contributed by atoms with Crippen molar-refractivity contribution in [1.82, 2.24) is 4.98 Å². The van der Waals surface area contributed by atoms with E-state index in [4.69, 9.17) is 9.47 Å². The van der Waals surface area contributed by atoms with Gasteiger partial charge in [0.05, 0.1) is 25.3 Å². The van der Waals surface area contributed by atoms with Gasteiger partial charge in [-0.3, -0.25) is 0 Å². The van der Waals surface area contributed by atoms with Gasteiger partial charge >= 0.3 is 11.9 Å². The predicted molar refractivity (Wildman–Crippen MR) is 73.9 cm³/mol. The quantitative estimate of drug-likeness (QED) is 0.786. The minimum absolute atomic E-state index is 0.0202. The van der Waals surface area contributed by atoms with E-state index in [0.29, 0.717) is 11.1 Å². The number of hydrogen-bond acceptors (Lipinski definition) is 5. The van der Waals surface area contributed by atoms with Crippen LogP contribution in [0.1, 0.15) is 32.0 Å². The van der Waals surface area contributed by atoms with E-state index in [9.17, 15) is 9.59 Å². The van der Waals surface area contributed by atoms with E-state index in [2.05, 4.69) is 4.98 Å². The van der Waals surface area contributed by atoms with Crippen LogP contribution in [0.25, 0.3) is 10.9 Å². The third-order valence-corrected chi connectivity index (χ3v) is 3.17. The summed E-state index contributed by atoms with van der Waals surface area (Å²) < 4.78 is 9.43. The van der Waals surface area contributed by atoms with Crippen molar-refractivity contribution in [3.05, 3.63) is 40.6 Å². The third-order valence-electron chi connectivity index (χ3n) is 3.17. The van der Waals surface area contributed by atoms with Gasteiger partial charge in [-0.1, -0.05) is 11.6 Å². The van der Waals surface area contributed by atoms with Crippen LogP contribution >= 0.6 is 0 Å². The topological polar surface area (TPSA) is 65.5 Å². The Hall–Kier alpha value is -2.43. The number of pyridine rings is 1. The highest BCUT2D eigenvalue weighted by Crippen LogP contribution is 2.25. The Morgan fingerprint density at radius 1 is 1.05 bits per heavy atom. The number of aryl methyl sites for hydroxylation is 2. The second kappa shape index (κ2) is 5.28. The molecule has 0 saturated heterocycles. The molecule has 0 radical (unpaired) electrons. The smallest absolute Gasteiger partial charge is 0.357 e. The van der Waals surface area contributed by atoms with Crippen LogP contribution < -0.4 is 0 Å². The van der Waals surface area contributed by atoms with Crippen LogP contribution in [-0.2, 0) is 9.47 Å². The molecule has 0 aliphatic carbocycles. The fourth-order valence-electron chi connectivity index (χ4n) is 2.13. The van der Waals surface area contributed by atoms with Gasteiger partial charge in [0.2, 0.25) is 0 Å². The molecule has 0 spiro atoms. The molecule has 5 nitrogen and oxygen atoms in total. The van der Waals surface area contributed by atoms with Crippen molar-refractivity contribution in [3.8, 4) is 0 Å². The van der Waals surface area contributed by atoms with Gasteiger partial charge in [0, 0.05) is 5.39 Å². The van der Waals surface area contributed by atoms with Crippen LogP contribution in [0.15, 0.2) is 18.2 Å². The molecule has 2 rings (SSSR count). The van der Waals surface area contributed by atoms with Crippen LogP contribution in [0.4, 0.5) is 0 Å². The zero-order chi connectivity index (χ0) is 14.9. The van der Waals surface area contributed by atoms with E-state index in [1.54, 1.807) is 6.92 Å². The standard InChI is InChI=1S/C15H15NO4/c1-8-5-6-11-10(7-8)9(2)12(14(17)19-3)13(16-11)15(18)20-4/h5-7H,1-4H3. The number of nitrogens with zero attached hydrogens (tertiary/aromatic N) is 1. The van der Waals surface area contributed by atoms with Crippen molar-refractivity contribution in [2.45, 2.75) is 13.8 Å². The van der Waals surface area contributed by atoms with E-state index in [0.717, 1.165) is 10.9 Å². The number of hydrogen-bond donors (Lipinski definition) is 0. The average Bonchev–Trinajstić information content (AvgIpc) is 2.46. The van der Waals surface area contributed by atoms with Gasteiger partial charge < -0.3 is 9.47 Å². The molecular weight excluding hydrogens is 258 g/mol. The number of aromatic nitrogens is 1. The second-order valence-electron chi connectivity index (χ2n) is 4.46. The maximum atomic E-state index is 11.9. The van der Waals surface area contributed by atoms with Crippen molar-refractivity contribution in [2.24, 2.45) is 0 Å². The Bertz CT molecular complexity index is 707. The Balaban J connectivity index is 2.86. The predicted octanol–water partition coefficient (Wildman–Crippen LogP) is 2.42. The SMILES string of the molecule is COC(=O)c1nc2ccc(C)cc2c(C)c1C(=O)OC. The van der Waals surface area contributed by atoms with E-state index >= 15 is 0 Å². The highest BCUT2D eigenvalue weighted by atomic mass is 16.5.